The van der Waals surface area contributed by atoms with E-state index in [-0.39, 0.29) is 42.0 Å². The third-order valence-corrected chi connectivity index (χ3v) is 3.56. The molecular formula is C15H16FN5O2. The molecule has 1 aromatic heterocycles. The number of nitrogens with two attached hydrogens (primary N) is 1. The average Bonchev–Trinajstić information content (AvgIpc) is 3.24. The van der Waals surface area contributed by atoms with Crippen LogP contribution in [0.1, 0.15) is 19.2 Å². The molecule has 0 unspecified atom stereocenters. The van der Waals surface area contributed by atoms with Gasteiger partial charge in [-0.05, 0) is 36.6 Å². The fraction of sp³-hybridized carbons (Fsp3) is 0.333. The number of rotatable bonds is 5. The number of nitrogen functional groups attached to an aromatic ring is 1. The highest BCUT2D eigenvalue weighted by atomic mass is 19.1. The molecule has 0 saturated heterocycles. The Morgan fingerprint density at radius 2 is 2.04 bits per heavy atom. The average molecular weight is 317 g/mol. The first-order valence-corrected chi connectivity index (χ1v) is 7.21. The Balaban J connectivity index is 1.66. The summed E-state index contributed by atoms with van der Waals surface area (Å²) in [4.78, 5) is 23.7. The molecule has 0 radical (unpaired) electrons. The lowest BCUT2D eigenvalue weighted by Gasteiger charge is -2.08. The molecule has 0 aliphatic heterocycles. The lowest BCUT2D eigenvalue weighted by Crippen LogP contribution is -2.12. The van der Waals surface area contributed by atoms with Crippen molar-refractivity contribution in [2.24, 2.45) is 11.8 Å². The molecule has 1 aromatic carbocycles. The van der Waals surface area contributed by atoms with Gasteiger partial charge in [0.05, 0.1) is 5.92 Å². The van der Waals surface area contributed by atoms with Gasteiger partial charge in [-0.15, -0.1) is 0 Å². The number of esters is 1. The van der Waals surface area contributed by atoms with Crippen LogP contribution in [0.4, 0.5) is 22.0 Å². The van der Waals surface area contributed by atoms with Gasteiger partial charge in [-0.25, -0.2) is 4.39 Å². The lowest BCUT2D eigenvalue weighted by molar-refractivity contribution is -0.147. The van der Waals surface area contributed by atoms with Gasteiger partial charge in [0.2, 0.25) is 11.9 Å². The molecule has 8 heteroatoms. The predicted molar refractivity (Wildman–Crippen MR) is 81.0 cm³/mol. The van der Waals surface area contributed by atoms with Gasteiger partial charge in [-0.2, -0.15) is 15.0 Å². The summed E-state index contributed by atoms with van der Waals surface area (Å²) in [7, 11) is 0. The number of benzene rings is 1. The van der Waals surface area contributed by atoms with Crippen LogP contribution in [0.5, 0.6) is 0 Å². The van der Waals surface area contributed by atoms with Crippen LogP contribution in [-0.4, -0.2) is 20.9 Å². The van der Waals surface area contributed by atoms with Gasteiger partial charge in [-0.1, -0.05) is 6.92 Å². The second-order valence-electron chi connectivity index (χ2n) is 5.49. The number of hydrogen-bond donors (Lipinski definition) is 2. The van der Waals surface area contributed by atoms with E-state index in [0.717, 1.165) is 6.42 Å². The molecule has 0 amide bonds. The molecule has 2 aromatic rings. The van der Waals surface area contributed by atoms with E-state index in [9.17, 15) is 9.18 Å². The zero-order valence-electron chi connectivity index (χ0n) is 12.5. The van der Waals surface area contributed by atoms with Gasteiger partial charge in [0.1, 0.15) is 5.82 Å². The maximum Gasteiger partial charge on any atom is 0.309 e. The standard InChI is InChI=1S/C15H16FN5O2/c1-8-6-11(8)13(22)23-7-12-19-14(17)21-15(20-12)18-10-4-2-9(16)3-5-10/h2-5,8,11H,6-7H2,1H3,(H3,17,18,19,20,21)/t8-,11-/m1/s1. The SMILES string of the molecule is C[C@@H]1C[C@H]1C(=O)OCc1nc(N)nc(Nc2ccc(F)cc2)n1. The summed E-state index contributed by atoms with van der Waals surface area (Å²) in [5.41, 5.74) is 6.24. The molecule has 3 rings (SSSR count). The Hall–Kier alpha value is -2.77. The van der Waals surface area contributed by atoms with Crippen molar-refractivity contribution < 1.29 is 13.9 Å². The van der Waals surface area contributed by atoms with Gasteiger partial charge in [0.15, 0.2) is 12.4 Å². The highest BCUT2D eigenvalue weighted by Gasteiger charge is 2.40. The molecule has 2 atom stereocenters. The van der Waals surface area contributed by atoms with E-state index in [4.69, 9.17) is 10.5 Å². The van der Waals surface area contributed by atoms with E-state index in [1.807, 2.05) is 6.92 Å². The third kappa shape index (κ3) is 3.91. The molecule has 23 heavy (non-hydrogen) atoms. The van der Waals surface area contributed by atoms with Crippen LogP contribution in [-0.2, 0) is 16.1 Å². The maximum atomic E-state index is 12.9. The predicted octanol–water partition coefficient (Wildman–Crippen LogP) is 2.04. The fourth-order valence-corrected chi connectivity index (χ4v) is 2.11. The number of aromatic nitrogens is 3. The van der Waals surface area contributed by atoms with Crippen molar-refractivity contribution in [3.05, 3.63) is 35.9 Å². The number of nitrogens with zero attached hydrogens (tertiary/aromatic N) is 3. The van der Waals surface area contributed by atoms with Gasteiger partial charge >= 0.3 is 5.97 Å². The lowest BCUT2D eigenvalue weighted by atomic mass is 10.3. The minimum atomic E-state index is -0.340. The molecule has 3 N–H and O–H groups in total. The first-order valence-electron chi connectivity index (χ1n) is 7.21. The van der Waals surface area contributed by atoms with Crippen molar-refractivity contribution in [1.82, 2.24) is 15.0 Å². The van der Waals surface area contributed by atoms with E-state index >= 15 is 0 Å². The van der Waals surface area contributed by atoms with E-state index in [0.29, 0.717) is 11.6 Å². The quantitative estimate of drug-likeness (QED) is 0.813. The topological polar surface area (TPSA) is 103 Å². The smallest absolute Gasteiger partial charge is 0.309 e. The third-order valence-electron chi connectivity index (χ3n) is 3.56. The summed E-state index contributed by atoms with van der Waals surface area (Å²) in [6.45, 7) is 1.93. The Kier molecular flexibility index (Phi) is 4.05. The Morgan fingerprint density at radius 3 is 2.70 bits per heavy atom. The number of carbonyl (C=O) groups is 1. The van der Waals surface area contributed by atoms with Crippen LogP contribution in [0.3, 0.4) is 0 Å². The molecule has 7 nitrogen and oxygen atoms in total. The van der Waals surface area contributed by atoms with Crippen LogP contribution < -0.4 is 11.1 Å². The zero-order valence-corrected chi connectivity index (χ0v) is 12.5. The van der Waals surface area contributed by atoms with Crippen LogP contribution in [0.2, 0.25) is 0 Å². The van der Waals surface area contributed by atoms with Crippen LogP contribution in [0, 0.1) is 17.7 Å². The summed E-state index contributed by atoms with van der Waals surface area (Å²) in [6, 6.07) is 5.71. The molecule has 1 fully saturated rings. The number of hydrogen-bond acceptors (Lipinski definition) is 7. The van der Waals surface area contributed by atoms with E-state index in [2.05, 4.69) is 20.3 Å². The Morgan fingerprint density at radius 1 is 1.35 bits per heavy atom. The highest BCUT2D eigenvalue weighted by molar-refractivity contribution is 5.75. The van der Waals surface area contributed by atoms with Gasteiger partial charge in [0, 0.05) is 5.69 Å². The maximum absolute atomic E-state index is 12.9. The summed E-state index contributed by atoms with van der Waals surface area (Å²) in [5, 5.41) is 2.89. The van der Waals surface area contributed by atoms with Crippen molar-refractivity contribution in [3.63, 3.8) is 0 Å². The van der Waals surface area contributed by atoms with Gasteiger partial charge < -0.3 is 15.8 Å². The van der Waals surface area contributed by atoms with Gasteiger partial charge in [-0.3, -0.25) is 4.79 Å². The molecule has 0 spiro atoms. The fourth-order valence-electron chi connectivity index (χ4n) is 2.11. The van der Waals surface area contributed by atoms with E-state index in [1.165, 1.54) is 12.1 Å². The Bertz CT molecular complexity index is 722. The second kappa shape index (κ2) is 6.15. The zero-order chi connectivity index (χ0) is 16.4. The summed E-state index contributed by atoms with van der Waals surface area (Å²) in [5.74, 6) is 0.235. The van der Waals surface area contributed by atoms with Gasteiger partial charge in [0.25, 0.3) is 0 Å². The number of ether oxygens (including phenoxy) is 1. The number of nitrogens with one attached hydrogen (secondary N) is 1. The minimum Gasteiger partial charge on any atom is -0.457 e. The Labute approximate surface area is 132 Å². The van der Waals surface area contributed by atoms with Crippen molar-refractivity contribution in [2.75, 3.05) is 11.1 Å². The van der Waals surface area contributed by atoms with Crippen molar-refractivity contribution in [3.8, 4) is 0 Å². The van der Waals surface area contributed by atoms with E-state index in [1.54, 1.807) is 12.1 Å². The summed E-state index contributed by atoms with van der Waals surface area (Å²) < 4.78 is 18.1. The van der Waals surface area contributed by atoms with E-state index < -0.39 is 0 Å². The molecule has 0 bridgehead atoms. The largest absolute Gasteiger partial charge is 0.457 e. The monoisotopic (exact) mass is 317 g/mol. The molecule has 120 valence electrons. The molecule has 1 aliphatic carbocycles. The highest BCUT2D eigenvalue weighted by Crippen LogP contribution is 2.38. The van der Waals surface area contributed by atoms with Crippen molar-refractivity contribution in [1.29, 1.82) is 0 Å². The molecule has 1 heterocycles. The number of anilines is 3. The summed E-state index contributed by atoms with van der Waals surface area (Å²) >= 11 is 0. The molecule has 1 saturated carbocycles. The number of halogens is 1. The second-order valence-corrected chi connectivity index (χ2v) is 5.49. The molecule has 1 aliphatic rings. The first kappa shape index (κ1) is 15.1. The van der Waals surface area contributed by atoms with Crippen LogP contribution in [0.15, 0.2) is 24.3 Å². The van der Waals surface area contributed by atoms with Crippen LogP contribution in [0.25, 0.3) is 0 Å². The molecular weight excluding hydrogens is 301 g/mol. The van der Waals surface area contributed by atoms with Crippen LogP contribution >= 0.6 is 0 Å². The normalized spacial score (nSPS) is 19.2. The van der Waals surface area contributed by atoms with Crippen molar-refractivity contribution >= 4 is 23.6 Å². The van der Waals surface area contributed by atoms with Crippen molar-refractivity contribution in [2.45, 2.75) is 20.0 Å². The summed E-state index contributed by atoms with van der Waals surface area (Å²) in [6.07, 6.45) is 0.857. The number of carbonyl (C=O) groups excluding carboxylic acids is 1. The minimum absolute atomic E-state index is 0.00968. The first-order chi connectivity index (χ1) is 11.0.